The van der Waals surface area contributed by atoms with Gasteiger partial charge in [-0.3, -0.25) is 0 Å². The highest BCUT2D eigenvalue weighted by Gasteiger charge is 2.17. The molecule has 0 atom stereocenters. The first-order valence-electron chi connectivity index (χ1n) is 8.63. The van der Waals surface area contributed by atoms with Crippen LogP contribution in [0.2, 0.25) is 0 Å². The highest BCUT2D eigenvalue weighted by Crippen LogP contribution is 2.25. The molecule has 1 aliphatic carbocycles. The SMILES string of the molecule is CN1CCN(c2ccc(CN=C(N)NCC3CCC3)cn2)CC1.I. The molecule has 134 valence electrons. The molecule has 7 heteroatoms. The average Bonchev–Trinajstić information content (AvgIpc) is 2.53. The number of hydrogen-bond donors (Lipinski definition) is 2. The Balaban J connectivity index is 0.00000208. The molecule has 0 amide bonds. The minimum atomic E-state index is 0. The molecule has 3 rings (SSSR count). The molecule has 1 saturated heterocycles. The van der Waals surface area contributed by atoms with Crippen molar-refractivity contribution in [3.63, 3.8) is 0 Å². The quantitative estimate of drug-likeness (QED) is 0.411. The van der Waals surface area contributed by atoms with Crippen LogP contribution in [0, 0.1) is 5.92 Å². The standard InChI is InChI=1S/C17H28N6.HI/c1-22-7-9-23(10-8-22)16-6-5-15(12-19-16)13-21-17(18)20-11-14-3-2-4-14;/h5-6,12,14H,2-4,7-11,13H2,1H3,(H3,18,20,21);1H. The summed E-state index contributed by atoms with van der Waals surface area (Å²) in [6.45, 7) is 5.81. The van der Waals surface area contributed by atoms with E-state index in [-0.39, 0.29) is 24.0 Å². The number of aromatic nitrogens is 1. The zero-order chi connectivity index (χ0) is 16.1. The Morgan fingerprint density at radius 2 is 2.04 bits per heavy atom. The van der Waals surface area contributed by atoms with Crippen LogP contribution in [0.3, 0.4) is 0 Å². The van der Waals surface area contributed by atoms with Crippen LogP contribution in [0.4, 0.5) is 5.82 Å². The van der Waals surface area contributed by atoms with Crippen molar-refractivity contribution in [2.75, 3.05) is 44.7 Å². The Labute approximate surface area is 161 Å². The second-order valence-corrected chi connectivity index (χ2v) is 6.69. The lowest BCUT2D eigenvalue weighted by atomic mass is 9.85. The molecular formula is C17H29IN6. The zero-order valence-electron chi connectivity index (χ0n) is 14.4. The Hall–Kier alpha value is -1.09. The van der Waals surface area contributed by atoms with Crippen LogP contribution in [0.5, 0.6) is 0 Å². The van der Waals surface area contributed by atoms with Crippen molar-refractivity contribution in [3.8, 4) is 0 Å². The lowest BCUT2D eigenvalue weighted by molar-refractivity contribution is 0.312. The minimum absolute atomic E-state index is 0. The van der Waals surface area contributed by atoms with Crippen LogP contribution in [-0.4, -0.2) is 55.6 Å². The van der Waals surface area contributed by atoms with Crippen molar-refractivity contribution in [3.05, 3.63) is 23.9 Å². The molecule has 6 nitrogen and oxygen atoms in total. The minimum Gasteiger partial charge on any atom is -0.370 e. The molecule has 1 aromatic heterocycles. The topological polar surface area (TPSA) is 69.8 Å². The summed E-state index contributed by atoms with van der Waals surface area (Å²) >= 11 is 0. The fourth-order valence-electron chi connectivity index (χ4n) is 2.91. The summed E-state index contributed by atoms with van der Waals surface area (Å²) in [7, 11) is 2.16. The summed E-state index contributed by atoms with van der Waals surface area (Å²) in [6.07, 6.45) is 5.90. The second kappa shape index (κ2) is 9.41. The number of halogens is 1. The number of nitrogens with zero attached hydrogens (tertiary/aromatic N) is 4. The third-order valence-corrected chi connectivity index (χ3v) is 4.86. The van der Waals surface area contributed by atoms with E-state index in [1.165, 1.54) is 19.3 Å². The lowest BCUT2D eigenvalue weighted by Crippen LogP contribution is -2.44. The number of hydrogen-bond acceptors (Lipinski definition) is 4. The van der Waals surface area contributed by atoms with E-state index in [9.17, 15) is 0 Å². The van der Waals surface area contributed by atoms with E-state index in [1.807, 2.05) is 6.20 Å². The van der Waals surface area contributed by atoms with Gasteiger partial charge in [-0.25, -0.2) is 9.98 Å². The monoisotopic (exact) mass is 444 g/mol. The molecule has 0 bridgehead atoms. The van der Waals surface area contributed by atoms with Crippen LogP contribution >= 0.6 is 24.0 Å². The van der Waals surface area contributed by atoms with Crippen LogP contribution in [-0.2, 0) is 6.54 Å². The maximum Gasteiger partial charge on any atom is 0.188 e. The Bertz CT molecular complexity index is 520. The molecule has 1 aromatic rings. The number of aliphatic imine (C=N–C) groups is 1. The zero-order valence-corrected chi connectivity index (χ0v) is 16.8. The van der Waals surface area contributed by atoms with Crippen molar-refractivity contribution in [2.45, 2.75) is 25.8 Å². The van der Waals surface area contributed by atoms with Gasteiger partial charge in [0.05, 0.1) is 6.54 Å². The van der Waals surface area contributed by atoms with Crippen LogP contribution in [0.1, 0.15) is 24.8 Å². The first-order chi connectivity index (χ1) is 11.2. The summed E-state index contributed by atoms with van der Waals surface area (Å²) in [5.41, 5.74) is 7.01. The molecule has 2 fully saturated rings. The number of piperazine rings is 1. The van der Waals surface area contributed by atoms with Crippen molar-refractivity contribution in [2.24, 2.45) is 16.6 Å². The van der Waals surface area contributed by atoms with Gasteiger partial charge in [-0.05, 0) is 37.4 Å². The highest BCUT2D eigenvalue weighted by molar-refractivity contribution is 14.0. The molecule has 1 saturated carbocycles. The molecule has 1 aliphatic heterocycles. The largest absolute Gasteiger partial charge is 0.370 e. The van der Waals surface area contributed by atoms with Gasteiger partial charge in [0.25, 0.3) is 0 Å². The van der Waals surface area contributed by atoms with Crippen LogP contribution < -0.4 is 16.0 Å². The van der Waals surface area contributed by atoms with E-state index in [1.54, 1.807) is 0 Å². The molecule has 0 unspecified atom stereocenters. The van der Waals surface area contributed by atoms with E-state index in [4.69, 9.17) is 5.73 Å². The fourth-order valence-corrected chi connectivity index (χ4v) is 2.91. The molecule has 24 heavy (non-hydrogen) atoms. The van der Waals surface area contributed by atoms with Crippen molar-refractivity contribution in [1.29, 1.82) is 0 Å². The smallest absolute Gasteiger partial charge is 0.188 e. The van der Waals surface area contributed by atoms with Gasteiger partial charge in [0, 0.05) is 38.9 Å². The van der Waals surface area contributed by atoms with E-state index in [0.717, 1.165) is 50.0 Å². The predicted octanol–water partition coefficient (Wildman–Crippen LogP) is 1.66. The predicted molar refractivity (Wildman–Crippen MR) is 110 cm³/mol. The third kappa shape index (κ3) is 5.47. The number of anilines is 1. The summed E-state index contributed by atoms with van der Waals surface area (Å²) in [4.78, 5) is 13.7. The highest BCUT2D eigenvalue weighted by atomic mass is 127. The fraction of sp³-hybridized carbons (Fsp3) is 0.647. The number of nitrogens with one attached hydrogen (secondary N) is 1. The normalized spacial score (nSPS) is 19.5. The van der Waals surface area contributed by atoms with Crippen molar-refractivity contribution >= 4 is 35.8 Å². The van der Waals surface area contributed by atoms with Gasteiger partial charge in [0.1, 0.15) is 5.82 Å². The number of rotatable bonds is 5. The molecule has 0 aromatic carbocycles. The molecular weight excluding hydrogens is 415 g/mol. The molecule has 2 heterocycles. The van der Waals surface area contributed by atoms with Gasteiger partial charge in [-0.1, -0.05) is 12.5 Å². The van der Waals surface area contributed by atoms with Crippen molar-refractivity contribution in [1.82, 2.24) is 15.2 Å². The average molecular weight is 444 g/mol. The van der Waals surface area contributed by atoms with Gasteiger partial charge in [-0.2, -0.15) is 0 Å². The maximum absolute atomic E-state index is 5.91. The summed E-state index contributed by atoms with van der Waals surface area (Å²) in [5, 5.41) is 3.22. The van der Waals surface area contributed by atoms with Gasteiger partial charge in [0.2, 0.25) is 0 Å². The summed E-state index contributed by atoms with van der Waals surface area (Å²) in [5.74, 6) is 2.38. The summed E-state index contributed by atoms with van der Waals surface area (Å²) in [6, 6.07) is 4.19. The first-order valence-corrected chi connectivity index (χ1v) is 8.63. The molecule has 0 spiro atoms. The van der Waals surface area contributed by atoms with Gasteiger partial charge >= 0.3 is 0 Å². The molecule has 3 N–H and O–H groups in total. The van der Waals surface area contributed by atoms with Crippen LogP contribution in [0.15, 0.2) is 23.3 Å². The van der Waals surface area contributed by atoms with E-state index in [0.29, 0.717) is 12.5 Å². The first kappa shape index (κ1) is 19.2. The number of guanidine groups is 1. The second-order valence-electron chi connectivity index (χ2n) is 6.69. The van der Waals surface area contributed by atoms with Gasteiger partial charge < -0.3 is 20.9 Å². The third-order valence-electron chi connectivity index (χ3n) is 4.86. The Morgan fingerprint density at radius 3 is 2.62 bits per heavy atom. The van der Waals surface area contributed by atoms with E-state index < -0.39 is 0 Å². The molecule has 2 aliphatic rings. The van der Waals surface area contributed by atoms with Crippen LogP contribution in [0.25, 0.3) is 0 Å². The number of pyridine rings is 1. The number of likely N-dealkylation sites (N-methyl/N-ethyl adjacent to an activating group) is 1. The number of nitrogens with two attached hydrogens (primary N) is 1. The Kier molecular flexibility index (Phi) is 7.54. The maximum atomic E-state index is 5.91. The lowest BCUT2D eigenvalue weighted by Gasteiger charge is -2.33. The van der Waals surface area contributed by atoms with Crippen molar-refractivity contribution < 1.29 is 0 Å². The van der Waals surface area contributed by atoms with Gasteiger partial charge in [0.15, 0.2) is 5.96 Å². The summed E-state index contributed by atoms with van der Waals surface area (Å²) < 4.78 is 0. The Morgan fingerprint density at radius 1 is 1.29 bits per heavy atom. The molecule has 0 radical (unpaired) electrons. The van der Waals surface area contributed by atoms with E-state index in [2.05, 4.69) is 44.3 Å². The van der Waals surface area contributed by atoms with Gasteiger partial charge in [-0.15, -0.1) is 24.0 Å². The van der Waals surface area contributed by atoms with E-state index >= 15 is 0 Å².